The molecule has 3 N–H and O–H groups in total. The number of hydrogen-bond donors (Lipinski definition) is 3. The topological polar surface area (TPSA) is 92.4 Å². The minimum atomic E-state index is -0.298. The Labute approximate surface area is 175 Å². The summed E-state index contributed by atoms with van der Waals surface area (Å²) in [5.41, 5.74) is 3.44. The highest BCUT2D eigenvalue weighted by Gasteiger charge is 2.06. The average molecular weight is 404 g/mol. The molecule has 2 aromatic carbocycles. The number of carbonyl (C=O) groups is 2. The number of hydrogen-bond acceptors (Lipinski definition) is 4. The van der Waals surface area contributed by atoms with Crippen LogP contribution < -0.4 is 20.7 Å². The number of pyridine rings is 1. The van der Waals surface area contributed by atoms with Gasteiger partial charge in [0.2, 0.25) is 5.91 Å². The molecule has 0 bridgehead atoms. The van der Waals surface area contributed by atoms with Crippen molar-refractivity contribution < 1.29 is 14.3 Å². The molecular formula is C23H24N4O3. The van der Waals surface area contributed by atoms with Crippen molar-refractivity contribution in [2.75, 3.05) is 12.4 Å². The fraction of sp³-hybridized carbons (Fsp3) is 0.174. The predicted molar refractivity (Wildman–Crippen MR) is 115 cm³/mol. The Bertz CT molecular complexity index is 958. The second kappa shape index (κ2) is 10.6. The summed E-state index contributed by atoms with van der Waals surface area (Å²) >= 11 is 0. The molecule has 1 heterocycles. The Balaban J connectivity index is 1.41. The van der Waals surface area contributed by atoms with Gasteiger partial charge in [0, 0.05) is 31.2 Å². The van der Waals surface area contributed by atoms with Crippen LogP contribution in [-0.4, -0.2) is 24.0 Å². The van der Waals surface area contributed by atoms with Gasteiger partial charge in [-0.2, -0.15) is 0 Å². The number of aromatic nitrogens is 1. The summed E-state index contributed by atoms with van der Waals surface area (Å²) in [7, 11) is 1.61. The summed E-state index contributed by atoms with van der Waals surface area (Å²) in [5, 5.41) is 8.45. The van der Waals surface area contributed by atoms with Crippen LogP contribution in [-0.2, 0) is 24.3 Å². The third-order valence-corrected chi connectivity index (χ3v) is 4.40. The van der Waals surface area contributed by atoms with Crippen molar-refractivity contribution in [3.8, 4) is 5.75 Å². The Morgan fingerprint density at radius 1 is 0.867 bits per heavy atom. The summed E-state index contributed by atoms with van der Waals surface area (Å²) < 4.78 is 5.11. The van der Waals surface area contributed by atoms with Gasteiger partial charge in [0.1, 0.15) is 5.75 Å². The lowest BCUT2D eigenvalue weighted by Gasteiger charge is -2.09. The van der Waals surface area contributed by atoms with E-state index in [9.17, 15) is 9.59 Å². The van der Waals surface area contributed by atoms with Crippen molar-refractivity contribution in [3.05, 3.63) is 89.7 Å². The largest absolute Gasteiger partial charge is 0.497 e. The van der Waals surface area contributed by atoms with E-state index in [-0.39, 0.29) is 18.4 Å². The van der Waals surface area contributed by atoms with Crippen LogP contribution in [0.5, 0.6) is 5.75 Å². The van der Waals surface area contributed by atoms with Gasteiger partial charge in [-0.05, 0) is 47.0 Å². The van der Waals surface area contributed by atoms with Crippen LogP contribution in [0.4, 0.5) is 10.5 Å². The van der Waals surface area contributed by atoms with E-state index in [0.29, 0.717) is 18.8 Å². The predicted octanol–water partition coefficient (Wildman–Crippen LogP) is 3.27. The van der Waals surface area contributed by atoms with Crippen LogP contribution in [0.25, 0.3) is 0 Å². The number of nitrogens with zero attached hydrogens (tertiary/aromatic N) is 1. The van der Waals surface area contributed by atoms with Crippen molar-refractivity contribution >= 4 is 17.6 Å². The Morgan fingerprint density at radius 3 is 2.23 bits per heavy atom. The van der Waals surface area contributed by atoms with Crippen molar-refractivity contribution in [3.63, 3.8) is 0 Å². The summed E-state index contributed by atoms with van der Waals surface area (Å²) in [6, 6.07) is 18.1. The van der Waals surface area contributed by atoms with Gasteiger partial charge in [-0.3, -0.25) is 9.78 Å². The lowest BCUT2D eigenvalue weighted by Crippen LogP contribution is -2.28. The summed E-state index contributed by atoms with van der Waals surface area (Å²) in [6.07, 6.45) is 3.69. The zero-order valence-corrected chi connectivity index (χ0v) is 16.7. The molecule has 7 heteroatoms. The van der Waals surface area contributed by atoms with E-state index in [2.05, 4.69) is 20.9 Å². The van der Waals surface area contributed by atoms with Gasteiger partial charge in [-0.25, -0.2) is 4.79 Å². The molecule has 3 aromatic rings. The average Bonchev–Trinajstić information content (AvgIpc) is 2.79. The molecule has 0 radical (unpaired) electrons. The second-order valence-electron chi connectivity index (χ2n) is 6.67. The molecule has 0 atom stereocenters. The molecule has 0 spiro atoms. The fourth-order valence-electron chi connectivity index (χ4n) is 2.76. The van der Waals surface area contributed by atoms with Crippen LogP contribution in [0.1, 0.15) is 16.7 Å². The zero-order chi connectivity index (χ0) is 21.2. The molecule has 0 saturated carbocycles. The molecule has 3 amide bonds. The Kier molecular flexibility index (Phi) is 7.38. The zero-order valence-electron chi connectivity index (χ0n) is 16.7. The number of amides is 3. The van der Waals surface area contributed by atoms with Gasteiger partial charge >= 0.3 is 6.03 Å². The Morgan fingerprint density at radius 2 is 1.57 bits per heavy atom. The van der Waals surface area contributed by atoms with E-state index >= 15 is 0 Å². The van der Waals surface area contributed by atoms with E-state index in [1.165, 1.54) is 0 Å². The van der Waals surface area contributed by atoms with Crippen LogP contribution in [0.2, 0.25) is 0 Å². The molecule has 7 nitrogen and oxygen atoms in total. The van der Waals surface area contributed by atoms with Gasteiger partial charge in [-0.1, -0.05) is 30.3 Å². The Hall–Kier alpha value is -3.87. The van der Waals surface area contributed by atoms with Gasteiger partial charge in [0.25, 0.3) is 0 Å². The lowest BCUT2D eigenvalue weighted by molar-refractivity contribution is -0.120. The quantitative estimate of drug-likeness (QED) is 0.537. The molecule has 0 aliphatic rings. The number of ether oxygens (including phenoxy) is 1. The number of methoxy groups -OCH3 is 1. The van der Waals surface area contributed by atoms with Crippen molar-refractivity contribution in [1.82, 2.24) is 15.6 Å². The summed E-state index contributed by atoms with van der Waals surface area (Å²) in [6.45, 7) is 0.853. The highest BCUT2D eigenvalue weighted by atomic mass is 16.5. The van der Waals surface area contributed by atoms with Crippen LogP contribution in [0.15, 0.2) is 73.1 Å². The fourth-order valence-corrected chi connectivity index (χ4v) is 2.76. The lowest BCUT2D eigenvalue weighted by atomic mass is 10.1. The molecule has 154 valence electrons. The normalized spacial score (nSPS) is 10.2. The number of rotatable bonds is 8. The maximum absolute atomic E-state index is 12.1. The second-order valence-corrected chi connectivity index (χ2v) is 6.67. The van der Waals surface area contributed by atoms with Gasteiger partial charge in [0.15, 0.2) is 0 Å². The molecule has 0 fully saturated rings. The monoisotopic (exact) mass is 404 g/mol. The molecule has 0 aliphatic heterocycles. The number of urea groups is 1. The van der Waals surface area contributed by atoms with Crippen LogP contribution in [0, 0.1) is 0 Å². The minimum Gasteiger partial charge on any atom is -0.497 e. The van der Waals surface area contributed by atoms with Crippen molar-refractivity contribution in [2.24, 2.45) is 0 Å². The van der Waals surface area contributed by atoms with Crippen LogP contribution in [0.3, 0.4) is 0 Å². The first kappa shape index (κ1) is 20.9. The molecule has 30 heavy (non-hydrogen) atoms. The first-order valence-corrected chi connectivity index (χ1v) is 9.55. The number of nitrogens with one attached hydrogen (secondary N) is 3. The van der Waals surface area contributed by atoms with E-state index < -0.39 is 0 Å². The number of anilines is 1. The third-order valence-electron chi connectivity index (χ3n) is 4.40. The first-order valence-electron chi connectivity index (χ1n) is 9.55. The molecule has 1 aromatic heterocycles. The molecule has 0 saturated heterocycles. The molecular weight excluding hydrogens is 380 g/mol. The maximum atomic E-state index is 12.1. The number of benzene rings is 2. The van der Waals surface area contributed by atoms with Crippen LogP contribution >= 0.6 is 0 Å². The van der Waals surface area contributed by atoms with Crippen molar-refractivity contribution in [2.45, 2.75) is 19.5 Å². The van der Waals surface area contributed by atoms with E-state index in [4.69, 9.17) is 4.74 Å². The van der Waals surface area contributed by atoms with E-state index in [1.807, 2.05) is 48.5 Å². The highest BCUT2D eigenvalue weighted by Crippen LogP contribution is 2.12. The van der Waals surface area contributed by atoms with Gasteiger partial charge < -0.3 is 20.7 Å². The third kappa shape index (κ3) is 6.63. The van der Waals surface area contributed by atoms with E-state index in [0.717, 1.165) is 22.4 Å². The molecule has 0 unspecified atom stereocenters. The smallest absolute Gasteiger partial charge is 0.319 e. The van der Waals surface area contributed by atoms with E-state index in [1.54, 1.807) is 31.6 Å². The first-order chi connectivity index (χ1) is 14.6. The highest BCUT2D eigenvalue weighted by molar-refractivity contribution is 5.89. The van der Waals surface area contributed by atoms with Gasteiger partial charge in [0.05, 0.1) is 13.5 Å². The maximum Gasteiger partial charge on any atom is 0.319 e. The SMILES string of the molecule is COc1ccc(CNC(=O)Nc2ccc(CC(=O)NCc3cccnc3)cc2)cc1. The molecule has 3 rings (SSSR count). The standard InChI is InChI=1S/C23H24N4O3/c1-30-21-10-6-18(7-11-21)15-26-23(29)27-20-8-4-17(5-9-20)13-22(28)25-16-19-3-2-12-24-14-19/h2-12,14H,13,15-16H2,1H3,(H,25,28)(H2,26,27,29). The summed E-state index contributed by atoms with van der Waals surface area (Å²) in [5.74, 6) is 0.700. The molecule has 0 aliphatic carbocycles. The van der Waals surface area contributed by atoms with Crippen molar-refractivity contribution in [1.29, 1.82) is 0 Å². The summed E-state index contributed by atoms with van der Waals surface area (Å²) in [4.78, 5) is 28.2. The minimum absolute atomic E-state index is 0.0724. The van der Waals surface area contributed by atoms with Gasteiger partial charge in [-0.15, -0.1) is 0 Å². The number of carbonyl (C=O) groups excluding carboxylic acids is 2.